The SMILES string of the molecule is CNC(=O)c1cccc(-n2cc(C#N)c(N)c2C(=O)OC)c1C. The molecule has 2 rings (SSSR count). The smallest absolute Gasteiger partial charge is 0.357 e. The number of hydrogen-bond donors (Lipinski definition) is 2. The lowest BCUT2D eigenvalue weighted by atomic mass is 10.1. The molecular formula is C16H16N4O3. The fourth-order valence-corrected chi connectivity index (χ4v) is 2.37. The van der Waals surface area contributed by atoms with Crippen molar-refractivity contribution in [3.63, 3.8) is 0 Å². The number of nitrogens with zero attached hydrogens (tertiary/aromatic N) is 2. The summed E-state index contributed by atoms with van der Waals surface area (Å²) in [5, 5.41) is 11.7. The van der Waals surface area contributed by atoms with Crippen LogP contribution in [0.15, 0.2) is 24.4 Å². The van der Waals surface area contributed by atoms with Crippen LogP contribution in [-0.4, -0.2) is 30.6 Å². The lowest BCUT2D eigenvalue weighted by Crippen LogP contribution is -2.20. The molecule has 0 radical (unpaired) electrons. The van der Waals surface area contributed by atoms with Crippen molar-refractivity contribution in [3.8, 4) is 11.8 Å². The van der Waals surface area contributed by atoms with Crippen LogP contribution in [0.3, 0.4) is 0 Å². The van der Waals surface area contributed by atoms with Gasteiger partial charge in [-0.15, -0.1) is 0 Å². The van der Waals surface area contributed by atoms with Crippen LogP contribution < -0.4 is 11.1 Å². The minimum Gasteiger partial charge on any atom is -0.464 e. The van der Waals surface area contributed by atoms with E-state index in [1.54, 1.807) is 25.1 Å². The number of nitriles is 1. The second-order valence-electron chi connectivity index (χ2n) is 4.81. The number of ether oxygens (including phenoxy) is 1. The summed E-state index contributed by atoms with van der Waals surface area (Å²) in [6, 6.07) is 7.04. The van der Waals surface area contributed by atoms with Gasteiger partial charge in [0.25, 0.3) is 5.91 Å². The molecule has 7 heteroatoms. The molecule has 1 amide bonds. The average Bonchev–Trinajstić information content (AvgIpc) is 2.90. The summed E-state index contributed by atoms with van der Waals surface area (Å²) >= 11 is 0. The Morgan fingerprint density at radius 1 is 1.39 bits per heavy atom. The van der Waals surface area contributed by atoms with E-state index in [4.69, 9.17) is 15.7 Å². The van der Waals surface area contributed by atoms with Gasteiger partial charge in [-0.25, -0.2) is 4.79 Å². The Balaban J connectivity index is 2.75. The minimum atomic E-state index is -0.659. The summed E-state index contributed by atoms with van der Waals surface area (Å²) in [5.74, 6) is -0.904. The van der Waals surface area contributed by atoms with Crippen molar-refractivity contribution in [3.05, 3.63) is 46.8 Å². The van der Waals surface area contributed by atoms with Gasteiger partial charge in [0, 0.05) is 24.5 Å². The topological polar surface area (TPSA) is 110 Å². The predicted molar refractivity (Wildman–Crippen MR) is 84.4 cm³/mol. The van der Waals surface area contributed by atoms with Gasteiger partial charge in [-0.3, -0.25) is 4.79 Å². The Bertz CT molecular complexity index is 831. The zero-order chi connectivity index (χ0) is 17.1. The second-order valence-corrected chi connectivity index (χ2v) is 4.81. The zero-order valence-corrected chi connectivity index (χ0v) is 13.0. The van der Waals surface area contributed by atoms with Crippen LogP contribution in [0, 0.1) is 18.3 Å². The molecule has 0 unspecified atom stereocenters. The summed E-state index contributed by atoms with van der Waals surface area (Å²) in [7, 11) is 2.77. The first-order valence-electron chi connectivity index (χ1n) is 6.77. The van der Waals surface area contributed by atoms with E-state index in [1.165, 1.54) is 24.9 Å². The Morgan fingerprint density at radius 3 is 2.65 bits per heavy atom. The van der Waals surface area contributed by atoms with E-state index < -0.39 is 5.97 Å². The predicted octanol–water partition coefficient (Wildman–Crippen LogP) is 1.39. The molecule has 0 fully saturated rings. The van der Waals surface area contributed by atoms with Gasteiger partial charge < -0.3 is 20.4 Å². The molecule has 7 nitrogen and oxygen atoms in total. The monoisotopic (exact) mass is 312 g/mol. The van der Waals surface area contributed by atoms with Gasteiger partial charge in [0.15, 0.2) is 5.69 Å². The maximum atomic E-state index is 12.0. The van der Waals surface area contributed by atoms with Crippen LogP contribution in [0.2, 0.25) is 0 Å². The molecule has 118 valence electrons. The maximum Gasteiger partial charge on any atom is 0.357 e. The number of nitrogens with two attached hydrogens (primary N) is 1. The van der Waals surface area contributed by atoms with Crippen LogP contribution in [0.5, 0.6) is 0 Å². The van der Waals surface area contributed by atoms with Gasteiger partial charge >= 0.3 is 5.97 Å². The Labute approximate surface area is 133 Å². The Kier molecular flexibility index (Phi) is 4.37. The van der Waals surface area contributed by atoms with Crippen LogP contribution in [0.25, 0.3) is 5.69 Å². The van der Waals surface area contributed by atoms with Crippen molar-refractivity contribution in [2.45, 2.75) is 6.92 Å². The second kappa shape index (κ2) is 6.23. The molecule has 0 saturated heterocycles. The molecule has 0 aliphatic carbocycles. The van der Waals surface area contributed by atoms with Crippen molar-refractivity contribution in [1.29, 1.82) is 5.26 Å². The van der Waals surface area contributed by atoms with Crippen molar-refractivity contribution >= 4 is 17.6 Å². The van der Waals surface area contributed by atoms with Crippen molar-refractivity contribution in [2.24, 2.45) is 0 Å². The molecule has 0 saturated carbocycles. The van der Waals surface area contributed by atoms with E-state index in [0.29, 0.717) is 16.8 Å². The third kappa shape index (κ3) is 2.62. The number of aromatic nitrogens is 1. The lowest BCUT2D eigenvalue weighted by molar-refractivity contribution is 0.0593. The van der Waals surface area contributed by atoms with E-state index in [-0.39, 0.29) is 22.9 Å². The molecule has 1 heterocycles. The number of carbonyl (C=O) groups is 2. The van der Waals surface area contributed by atoms with E-state index in [9.17, 15) is 9.59 Å². The third-order valence-electron chi connectivity index (χ3n) is 3.58. The van der Waals surface area contributed by atoms with Crippen molar-refractivity contribution in [2.75, 3.05) is 19.9 Å². The number of nitrogen functional groups attached to an aromatic ring is 1. The van der Waals surface area contributed by atoms with Gasteiger partial charge in [0.1, 0.15) is 6.07 Å². The number of benzene rings is 1. The number of esters is 1. The number of carbonyl (C=O) groups excluding carboxylic acids is 2. The van der Waals surface area contributed by atoms with Crippen LogP contribution >= 0.6 is 0 Å². The summed E-state index contributed by atoms with van der Waals surface area (Å²) in [6.07, 6.45) is 1.46. The molecule has 1 aromatic heterocycles. The molecule has 0 atom stereocenters. The Morgan fingerprint density at radius 2 is 2.09 bits per heavy atom. The highest BCUT2D eigenvalue weighted by atomic mass is 16.5. The molecule has 1 aromatic carbocycles. The summed E-state index contributed by atoms with van der Waals surface area (Å²) in [5.41, 5.74) is 7.83. The first-order valence-corrected chi connectivity index (χ1v) is 6.77. The van der Waals surface area contributed by atoms with Gasteiger partial charge in [-0.1, -0.05) is 6.07 Å². The quantitative estimate of drug-likeness (QED) is 0.832. The van der Waals surface area contributed by atoms with Gasteiger partial charge in [0.05, 0.1) is 18.4 Å². The van der Waals surface area contributed by atoms with Gasteiger partial charge in [0.2, 0.25) is 0 Å². The molecule has 0 spiro atoms. The standard InChI is InChI=1S/C16H16N4O3/c1-9-11(15(21)19-2)5-4-6-12(9)20-8-10(7-17)13(18)14(20)16(22)23-3/h4-6,8H,18H2,1-3H3,(H,19,21). The van der Waals surface area contributed by atoms with Crippen molar-refractivity contribution in [1.82, 2.24) is 9.88 Å². The molecule has 23 heavy (non-hydrogen) atoms. The van der Waals surface area contributed by atoms with Crippen LogP contribution in [0.4, 0.5) is 5.69 Å². The lowest BCUT2D eigenvalue weighted by Gasteiger charge is -2.14. The number of methoxy groups -OCH3 is 1. The minimum absolute atomic E-state index is 0.0455. The highest BCUT2D eigenvalue weighted by Gasteiger charge is 2.23. The van der Waals surface area contributed by atoms with Gasteiger partial charge in [-0.2, -0.15) is 5.26 Å². The Hall–Kier alpha value is -3.27. The summed E-state index contributed by atoms with van der Waals surface area (Å²) < 4.78 is 6.22. The normalized spacial score (nSPS) is 10.0. The highest BCUT2D eigenvalue weighted by molar-refractivity contribution is 5.98. The van der Waals surface area contributed by atoms with E-state index in [0.717, 1.165) is 0 Å². The number of hydrogen-bond acceptors (Lipinski definition) is 5. The van der Waals surface area contributed by atoms with Gasteiger partial charge in [-0.05, 0) is 24.6 Å². The third-order valence-corrected chi connectivity index (χ3v) is 3.58. The first kappa shape index (κ1) is 16.1. The molecular weight excluding hydrogens is 296 g/mol. The van der Waals surface area contributed by atoms with Crippen LogP contribution in [-0.2, 0) is 4.74 Å². The summed E-state index contributed by atoms with van der Waals surface area (Å²) in [4.78, 5) is 24.0. The molecule has 0 aliphatic rings. The first-order chi connectivity index (χ1) is 11.0. The van der Waals surface area contributed by atoms with Crippen molar-refractivity contribution < 1.29 is 14.3 Å². The van der Waals surface area contributed by atoms with E-state index in [2.05, 4.69) is 5.32 Å². The largest absolute Gasteiger partial charge is 0.464 e. The average molecular weight is 312 g/mol. The number of nitrogens with one attached hydrogen (secondary N) is 1. The fourth-order valence-electron chi connectivity index (χ4n) is 2.37. The summed E-state index contributed by atoms with van der Waals surface area (Å²) in [6.45, 7) is 1.75. The molecule has 2 aromatic rings. The molecule has 0 bridgehead atoms. The maximum absolute atomic E-state index is 12.0. The fraction of sp³-hybridized carbons (Fsp3) is 0.188. The molecule has 0 aliphatic heterocycles. The number of anilines is 1. The van der Waals surface area contributed by atoms with E-state index in [1.807, 2.05) is 6.07 Å². The molecule has 3 N–H and O–H groups in total. The highest BCUT2D eigenvalue weighted by Crippen LogP contribution is 2.27. The number of amides is 1. The van der Waals surface area contributed by atoms with Crippen LogP contribution in [0.1, 0.15) is 32.0 Å². The zero-order valence-electron chi connectivity index (χ0n) is 13.0. The number of rotatable bonds is 3. The van der Waals surface area contributed by atoms with E-state index >= 15 is 0 Å².